The van der Waals surface area contributed by atoms with Crippen molar-refractivity contribution in [3.05, 3.63) is 59.1 Å². The SMILES string of the molecule is CCc1ccc(-n2nc(-c3cccs3)cc2C(=O)O)cc1. The van der Waals surface area contributed by atoms with Crippen LogP contribution in [0.1, 0.15) is 23.0 Å². The molecule has 4 nitrogen and oxygen atoms in total. The molecule has 21 heavy (non-hydrogen) atoms. The first-order valence-corrected chi connectivity index (χ1v) is 7.53. The number of benzene rings is 1. The van der Waals surface area contributed by atoms with E-state index in [1.807, 2.05) is 41.8 Å². The lowest BCUT2D eigenvalue weighted by Gasteiger charge is -2.05. The third kappa shape index (κ3) is 2.60. The largest absolute Gasteiger partial charge is 0.477 e. The van der Waals surface area contributed by atoms with Gasteiger partial charge in [0.15, 0.2) is 5.69 Å². The summed E-state index contributed by atoms with van der Waals surface area (Å²) in [4.78, 5) is 12.4. The molecular formula is C16H14N2O2S. The van der Waals surface area contributed by atoms with Gasteiger partial charge >= 0.3 is 5.97 Å². The van der Waals surface area contributed by atoms with Gasteiger partial charge in [-0.2, -0.15) is 5.10 Å². The first kappa shape index (κ1) is 13.6. The van der Waals surface area contributed by atoms with Crippen LogP contribution in [0.2, 0.25) is 0 Å². The highest BCUT2D eigenvalue weighted by molar-refractivity contribution is 7.13. The van der Waals surface area contributed by atoms with Gasteiger partial charge in [-0.05, 0) is 35.6 Å². The highest BCUT2D eigenvalue weighted by Gasteiger charge is 2.17. The van der Waals surface area contributed by atoms with Crippen LogP contribution in [-0.2, 0) is 6.42 Å². The zero-order valence-corrected chi connectivity index (χ0v) is 12.3. The standard InChI is InChI=1S/C16H14N2O2S/c1-2-11-5-7-12(8-6-11)18-14(16(19)20)10-13(17-18)15-4-3-9-21-15/h3-10H,2H2,1H3,(H,19,20). The Morgan fingerprint density at radius 1 is 1.29 bits per heavy atom. The van der Waals surface area contributed by atoms with Crippen molar-refractivity contribution in [3.8, 4) is 16.3 Å². The minimum absolute atomic E-state index is 0.169. The number of carbonyl (C=O) groups is 1. The zero-order chi connectivity index (χ0) is 14.8. The van der Waals surface area contributed by atoms with Crippen molar-refractivity contribution in [2.75, 3.05) is 0 Å². The summed E-state index contributed by atoms with van der Waals surface area (Å²) in [5.41, 5.74) is 2.82. The first-order valence-electron chi connectivity index (χ1n) is 6.65. The summed E-state index contributed by atoms with van der Waals surface area (Å²) < 4.78 is 1.48. The highest BCUT2D eigenvalue weighted by Crippen LogP contribution is 2.25. The fourth-order valence-electron chi connectivity index (χ4n) is 2.15. The fraction of sp³-hybridized carbons (Fsp3) is 0.125. The van der Waals surface area contributed by atoms with Crippen LogP contribution in [-0.4, -0.2) is 20.9 Å². The molecule has 0 aliphatic heterocycles. The average Bonchev–Trinajstić information content (AvgIpc) is 3.16. The first-order chi connectivity index (χ1) is 10.2. The summed E-state index contributed by atoms with van der Waals surface area (Å²) in [6.07, 6.45) is 0.950. The quantitative estimate of drug-likeness (QED) is 0.795. The molecule has 5 heteroatoms. The maximum absolute atomic E-state index is 11.4. The van der Waals surface area contributed by atoms with E-state index in [1.165, 1.54) is 10.2 Å². The molecule has 3 rings (SSSR count). The third-order valence-electron chi connectivity index (χ3n) is 3.29. The molecule has 0 bridgehead atoms. The van der Waals surface area contributed by atoms with E-state index in [9.17, 15) is 9.90 Å². The molecule has 0 radical (unpaired) electrons. The third-order valence-corrected chi connectivity index (χ3v) is 4.18. The fourth-order valence-corrected chi connectivity index (χ4v) is 2.83. The molecule has 0 atom stereocenters. The number of aromatic carboxylic acids is 1. The molecule has 1 aromatic carbocycles. The summed E-state index contributed by atoms with van der Waals surface area (Å²) in [7, 11) is 0. The minimum Gasteiger partial charge on any atom is -0.477 e. The molecule has 0 aliphatic carbocycles. The molecule has 0 aliphatic rings. The Hall–Kier alpha value is -2.40. The lowest BCUT2D eigenvalue weighted by molar-refractivity contribution is 0.0687. The van der Waals surface area contributed by atoms with Crippen molar-refractivity contribution in [1.29, 1.82) is 0 Å². The van der Waals surface area contributed by atoms with Gasteiger partial charge in [0.2, 0.25) is 0 Å². The summed E-state index contributed by atoms with van der Waals surface area (Å²) in [6.45, 7) is 2.08. The number of hydrogen-bond acceptors (Lipinski definition) is 3. The van der Waals surface area contributed by atoms with Crippen molar-refractivity contribution in [2.24, 2.45) is 0 Å². The van der Waals surface area contributed by atoms with Crippen molar-refractivity contribution in [2.45, 2.75) is 13.3 Å². The van der Waals surface area contributed by atoms with Crippen LogP contribution in [0, 0.1) is 0 Å². The Morgan fingerprint density at radius 2 is 2.05 bits per heavy atom. The second-order valence-electron chi connectivity index (χ2n) is 4.63. The van der Waals surface area contributed by atoms with Gasteiger partial charge in [0, 0.05) is 6.07 Å². The van der Waals surface area contributed by atoms with Gasteiger partial charge in [-0.1, -0.05) is 25.1 Å². The van der Waals surface area contributed by atoms with E-state index in [-0.39, 0.29) is 5.69 Å². The van der Waals surface area contributed by atoms with Gasteiger partial charge in [-0.3, -0.25) is 0 Å². The molecule has 2 aromatic heterocycles. The van der Waals surface area contributed by atoms with Crippen LogP contribution < -0.4 is 0 Å². The summed E-state index contributed by atoms with van der Waals surface area (Å²) in [5.74, 6) is -0.982. The van der Waals surface area contributed by atoms with Crippen LogP contribution >= 0.6 is 11.3 Å². The lowest BCUT2D eigenvalue weighted by Crippen LogP contribution is -2.07. The van der Waals surface area contributed by atoms with E-state index in [4.69, 9.17) is 0 Å². The molecule has 0 saturated carbocycles. The molecule has 106 valence electrons. The number of nitrogens with zero attached hydrogens (tertiary/aromatic N) is 2. The van der Waals surface area contributed by atoms with Gasteiger partial charge in [-0.15, -0.1) is 11.3 Å². The van der Waals surface area contributed by atoms with E-state index in [0.717, 1.165) is 17.0 Å². The molecule has 2 heterocycles. The monoisotopic (exact) mass is 298 g/mol. The van der Waals surface area contributed by atoms with E-state index < -0.39 is 5.97 Å². The van der Waals surface area contributed by atoms with Gasteiger partial charge in [0.25, 0.3) is 0 Å². The van der Waals surface area contributed by atoms with Crippen molar-refractivity contribution in [3.63, 3.8) is 0 Å². The lowest BCUT2D eigenvalue weighted by atomic mass is 10.1. The molecule has 0 spiro atoms. The second-order valence-corrected chi connectivity index (χ2v) is 5.58. The Morgan fingerprint density at radius 3 is 2.62 bits per heavy atom. The average molecular weight is 298 g/mol. The second kappa shape index (κ2) is 5.54. The molecule has 0 fully saturated rings. The summed E-state index contributed by atoms with van der Waals surface area (Å²) in [6, 6.07) is 13.3. The molecular weight excluding hydrogens is 284 g/mol. The smallest absolute Gasteiger partial charge is 0.354 e. The van der Waals surface area contributed by atoms with Gasteiger partial charge in [0.05, 0.1) is 10.6 Å². The highest BCUT2D eigenvalue weighted by atomic mass is 32.1. The normalized spacial score (nSPS) is 10.7. The maximum Gasteiger partial charge on any atom is 0.354 e. The van der Waals surface area contributed by atoms with Gasteiger partial charge in [0.1, 0.15) is 5.69 Å². The van der Waals surface area contributed by atoms with Crippen LogP contribution in [0.15, 0.2) is 47.8 Å². The molecule has 0 amide bonds. The number of carboxylic acid groups (broad SMARTS) is 1. The van der Waals surface area contributed by atoms with E-state index in [1.54, 1.807) is 17.4 Å². The van der Waals surface area contributed by atoms with Gasteiger partial charge in [-0.25, -0.2) is 9.48 Å². The van der Waals surface area contributed by atoms with Crippen LogP contribution in [0.5, 0.6) is 0 Å². The van der Waals surface area contributed by atoms with Crippen molar-refractivity contribution in [1.82, 2.24) is 9.78 Å². The van der Waals surface area contributed by atoms with Crippen molar-refractivity contribution < 1.29 is 9.90 Å². The number of carboxylic acids is 1. The summed E-state index contributed by atoms with van der Waals surface area (Å²) >= 11 is 1.54. The molecule has 0 unspecified atom stereocenters. The Labute approximate surface area is 126 Å². The van der Waals surface area contributed by atoms with Crippen molar-refractivity contribution >= 4 is 17.3 Å². The number of aromatic nitrogens is 2. The predicted octanol–water partition coefficient (Wildman–Crippen LogP) is 3.86. The van der Waals surface area contributed by atoms with E-state index >= 15 is 0 Å². The Bertz CT molecular complexity index is 758. The van der Waals surface area contributed by atoms with E-state index in [0.29, 0.717) is 5.69 Å². The van der Waals surface area contributed by atoms with Crippen LogP contribution in [0.4, 0.5) is 0 Å². The topological polar surface area (TPSA) is 55.1 Å². The number of rotatable bonds is 4. The van der Waals surface area contributed by atoms with E-state index in [2.05, 4.69) is 12.0 Å². The predicted molar refractivity (Wildman–Crippen MR) is 83.2 cm³/mol. The number of aryl methyl sites for hydroxylation is 1. The molecule has 3 aromatic rings. The number of thiophene rings is 1. The van der Waals surface area contributed by atoms with Gasteiger partial charge < -0.3 is 5.11 Å². The molecule has 1 N–H and O–H groups in total. The van der Waals surface area contributed by atoms with Crippen LogP contribution in [0.3, 0.4) is 0 Å². The minimum atomic E-state index is -0.982. The number of hydrogen-bond donors (Lipinski definition) is 1. The maximum atomic E-state index is 11.4. The summed E-state index contributed by atoms with van der Waals surface area (Å²) in [5, 5.41) is 15.8. The Balaban J connectivity index is 2.09. The zero-order valence-electron chi connectivity index (χ0n) is 11.5. The van der Waals surface area contributed by atoms with Crippen LogP contribution in [0.25, 0.3) is 16.3 Å². The Kier molecular flexibility index (Phi) is 3.58. The molecule has 0 saturated heterocycles.